The molecule has 76 valence electrons. The SMILES string of the molecule is Cc1[nH]cc(-c2ccccc2)c1C(N)=O. The second-order valence-electron chi connectivity index (χ2n) is 3.43. The van der Waals surface area contributed by atoms with Crippen molar-refractivity contribution in [2.24, 2.45) is 5.73 Å². The van der Waals surface area contributed by atoms with E-state index in [4.69, 9.17) is 5.73 Å². The van der Waals surface area contributed by atoms with Crippen molar-refractivity contribution in [3.05, 3.63) is 47.8 Å². The molecule has 3 N–H and O–H groups in total. The molecule has 1 amide bonds. The van der Waals surface area contributed by atoms with Gasteiger partial charge in [-0.15, -0.1) is 0 Å². The summed E-state index contributed by atoms with van der Waals surface area (Å²) in [5.41, 5.74) is 8.57. The Morgan fingerprint density at radius 3 is 2.53 bits per heavy atom. The highest BCUT2D eigenvalue weighted by atomic mass is 16.1. The highest BCUT2D eigenvalue weighted by molar-refractivity contribution is 6.01. The molecule has 0 radical (unpaired) electrons. The van der Waals surface area contributed by atoms with Gasteiger partial charge >= 0.3 is 0 Å². The highest BCUT2D eigenvalue weighted by Crippen LogP contribution is 2.25. The third-order valence-electron chi connectivity index (χ3n) is 2.41. The Bertz CT molecular complexity index is 486. The lowest BCUT2D eigenvalue weighted by atomic mass is 10.0. The summed E-state index contributed by atoms with van der Waals surface area (Å²) in [6.45, 7) is 1.84. The van der Waals surface area contributed by atoms with E-state index in [9.17, 15) is 4.79 Å². The lowest BCUT2D eigenvalue weighted by Gasteiger charge is -2.01. The fourth-order valence-corrected chi connectivity index (χ4v) is 1.69. The summed E-state index contributed by atoms with van der Waals surface area (Å²) < 4.78 is 0. The van der Waals surface area contributed by atoms with Crippen molar-refractivity contribution in [3.63, 3.8) is 0 Å². The fourth-order valence-electron chi connectivity index (χ4n) is 1.69. The molecule has 1 heterocycles. The summed E-state index contributed by atoms with van der Waals surface area (Å²) in [6, 6.07) is 9.71. The molecule has 0 saturated heterocycles. The summed E-state index contributed by atoms with van der Waals surface area (Å²) in [5.74, 6) is -0.396. The summed E-state index contributed by atoms with van der Waals surface area (Å²) in [4.78, 5) is 14.3. The molecule has 0 spiro atoms. The minimum atomic E-state index is -0.396. The Kier molecular flexibility index (Phi) is 2.29. The van der Waals surface area contributed by atoms with E-state index in [0.717, 1.165) is 16.8 Å². The maximum atomic E-state index is 11.3. The van der Waals surface area contributed by atoms with Gasteiger partial charge in [0.1, 0.15) is 0 Å². The molecule has 0 unspecified atom stereocenters. The van der Waals surface area contributed by atoms with E-state index in [2.05, 4.69) is 4.98 Å². The van der Waals surface area contributed by atoms with Gasteiger partial charge in [0.25, 0.3) is 5.91 Å². The van der Waals surface area contributed by atoms with Crippen molar-refractivity contribution in [2.75, 3.05) is 0 Å². The molecule has 15 heavy (non-hydrogen) atoms. The quantitative estimate of drug-likeness (QED) is 0.766. The van der Waals surface area contributed by atoms with Gasteiger partial charge in [0.05, 0.1) is 5.56 Å². The van der Waals surface area contributed by atoms with Gasteiger partial charge in [-0.3, -0.25) is 4.79 Å². The van der Waals surface area contributed by atoms with Gasteiger partial charge in [0, 0.05) is 17.5 Å². The smallest absolute Gasteiger partial charge is 0.251 e. The van der Waals surface area contributed by atoms with Gasteiger partial charge in [-0.1, -0.05) is 30.3 Å². The molecule has 3 nitrogen and oxygen atoms in total. The van der Waals surface area contributed by atoms with Crippen LogP contribution in [0.1, 0.15) is 16.1 Å². The molecule has 1 aromatic heterocycles. The maximum absolute atomic E-state index is 11.3. The van der Waals surface area contributed by atoms with Gasteiger partial charge in [0.15, 0.2) is 0 Å². The molecular weight excluding hydrogens is 188 g/mol. The second-order valence-corrected chi connectivity index (χ2v) is 3.43. The molecule has 0 aliphatic rings. The van der Waals surface area contributed by atoms with Gasteiger partial charge in [-0.05, 0) is 12.5 Å². The van der Waals surface area contributed by atoms with Crippen LogP contribution in [0.15, 0.2) is 36.5 Å². The molecule has 0 bridgehead atoms. The largest absolute Gasteiger partial charge is 0.366 e. The minimum Gasteiger partial charge on any atom is -0.366 e. The zero-order valence-corrected chi connectivity index (χ0v) is 8.45. The van der Waals surface area contributed by atoms with Crippen LogP contribution in [0.3, 0.4) is 0 Å². The average molecular weight is 200 g/mol. The van der Waals surface area contributed by atoms with Gasteiger partial charge < -0.3 is 10.7 Å². The molecule has 0 atom stereocenters. The number of primary amides is 1. The predicted octanol–water partition coefficient (Wildman–Crippen LogP) is 2.09. The van der Waals surface area contributed by atoms with E-state index in [1.54, 1.807) is 0 Å². The lowest BCUT2D eigenvalue weighted by Crippen LogP contribution is -2.12. The van der Waals surface area contributed by atoms with Crippen LogP contribution in [0.4, 0.5) is 0 Å². The molecule has 2 aromatic rings. The number of benzene rings is 1. The van der Waals surface area contributed by atoms with Crippen LogP contribution in [0, 0.1) is 6.92 Å². The van der Waals surface area contributed by atoms with E-state index < -0.39 is 5.91 Å². The molecule has 3 heteroatoms. The standard InChI is InChI=1S/C12H12N2O/c1-8-11(12(13)15)10(7-14-8)9-5-3-2-4-6-9/h2-7,14H,1H3,(H2,13,15). The number of amides is 1. The number of carbonyl (C=O) groups excluding carboxylic acids is 1. The van der Waals surface area contributed by atoms with E-state index >= 15 is 0 Å². The van der Waals surface area contributed by atoms with Crippen LogP contribution >= 0.6 is 0 Å². The van der Waals surface area contributed by atoms with Crippen LogP contribution in [0.5, 0.6) is 0 Å². The Hall–Kier alpha value is -2.03. The summed E-state index contributed by atoms with van der Waals surface area (Å²) >= 11 is 0. The van der Waals surface area contributed by atoms with Crippen LogP contribution in [-0.2, 0) is 0 Å². The first-order valence-electron chi connectivity index (χ1n) is 4.73. The first-order valence-corrected chi connectivity index (χ1v) is 4.73. The van der Waals surface area contributed by atoms with E-state index in [-0.39, 0.29) is 0 Å². The highest BCUT2D eigenvalue weighted by Gasteiger charge is 2.14. The third-order valence-corrected chi connectivity index (χ3v) is 2.41. The number of hydrogen-bond donors (Lipinski definition) is 2. The summed E-state index contributed by atoms with van der Waals surface area (Å²) in [7, 11) is 0. The number of rotatable bonds is 2. The summed E-state index contributed by atoms with van der Waals surface area (Å²) in [5, 5.41) is 0. The van der Waals surface area contributed by atoms with Gasteiger partial charge in [-0.2, -0.15) is 0 Å². The molecule has 2 rings (SSSR count). The molecular formula is C12H12N2O. The van der Waals surface area contributed by atoms with Crippen molar-refractivity contribution in [1.29, 1.82) is 0 Å². The molecule has 1 aromatic carbocycles. The molecule has 0 aliphatic carbocycles. The number of aryl methyl sites for hydroxylation is 1. The van der Waals surface area contributed by atoms with Crippen molar-refractivity contribution >= 4 is 5.91 Å². The van der Waals surface area contributed by atoms with Crippen molar-refractivity contribution in [3.8, 4) is 11.1 Å². The Balaban J connectivity index is 2.59. The van der Waals surface area contributed by atoms with Crippen LogP contribution in [-0.4, -0.2) is 10.9 Å². The number of H-pyrrole nitrogens is 1. The number of aromatic amines is 1. The average Bonchev–Trinajstić information content (AvgIpc) is 2.61. The Morgan fingerprint density at radius 2 is 1.93 bits per heavy atom. The fraction of sp³-hybridized carbons (Fsp3) is 0.0833. The van der Waals surface area contributed by atoms with Crippen LogP contribution in [0.25, 0.3) is 11.1 Å². The van der Waals surface area contributed by atoms with Crippen molar-refractivity contribution in [1.82, 2.24) is 4.98 Å². The maximum Gasteiger partial charge on any atom is 0.251 e. The second kappa shape index (κ2) is 3.61. The zero-order chi connectivity index (χ0) is 10.8. The first kappa shape index (κ1) is 9.52. The Labute approximate surface area is 87.9 Å². The number of nitrogens with one attached hydrogen (secondary N) is 1. The van der Waals surface area contributed by atoms with Gasteiger partial charge in [-0.25, -0.2) is 0 Å². The molecule has 0 aliphatic heterocycles. The number of carbonyl (C=O) groups is 1. The number of nitrogens with two attached hydrogens (primary N) is 1. The summed E-state index contributed by atoms with van der Waals surface area (Å²) in [6.07, 6.45) is 1.81. The monoisotopic (exact) mass is 200 g/mol. The minimum absolute atomic E-state index is 0.396. The predicted molar refractivity (Wildman–Crippen MR) is 59.5 cm³/mol. The van der Waals surface area contributed by atoms with E-state index in [0.29, 0.717) is 5.56 Å². The van der Waals surface area contributed by atoms with Crippen LogP contribution < -0.4 is 5.73 Å². The first-order chi connectivity index (χ1) is 7.20. The number of hydrogen-bond acceptors (Lipinski definition) is 1. The normalized spacial score (nSPS) is 10.2. The van der Waals surface area contributed by atoms with Crippen molar-refractivity contribution in [2.45, 2.75) is 6.92 Å². The van der Waals surface area contributed by atoms with E-state index in [1.165, 1.54) is 0 Å². The topological polar surface area (TPSA) is 58.9 Å². The van der Waals surface area contributed by atoms with Crippen LogP contribution in [0.2, 0.25) is 0 Å². The van der Waals surface area contributed by atoms with Crippen molar-refractivity contribution < 1.29 is 4.79 Å². The Morgan fingerprint density at radius 1 is 1.27 bits per heavy atom. The van der Waals surface area contributed by atoms with E-state index in [1.807, 2.05) is 43.5 Å². The third kappa shape index (κ3) is 1.64. The van der Waals surface area contributed by atoms with Gasteiger partial charge in [0.2, 0.25) is 0 Å². The lowest BCUT2D eigenvalue weighted by molar-refractivity contribution is 0.100. The molecule has 0 fully saturated rings. The zero-order valence-electron chi connectivity index (χ0n) is 8.45. The number of aromatic nitrogens is 1. The molecule has 0 saturated carbocycles.